The Morgan fingerprint density at radius 2 is 1.74 bits per heavy atom. The second-order valence-corrected chi connectivity index (χ2v) is 6.33. The van der Waals surface area contributed by atoms with E-state index in [9.17, 15) is 14.4 Å². The molecule has 0 fully saturated rings. The number of hydrogen-bond acceptors (Lipinski definition) is 5. The molecule has 1 amide bonds. The predicted molar refractivity (Wildman–Crippen MR) is 90.2 cm³/mol. The largest absolute Gasteiger partial charge is 0.302 e. The highest BCUT2D eigenvalue weighted by molar-refractivity contribution is 7.17. The topological polar surface area (TPSA) is 76.1 Å². The Morgan fingerprint density at radius 1 is 1.09 bits per heavy atom. The van der Waals surface area contributed by atoms with Gasteiger partial charge in [0.15, 0.2) is 16.7 Å². The number of aryl methyl sites for hydroxylation is 2. The summed E-state index contributed by atoms with van der Waals surface area (Å²) in [5.41, 5.74) is 2.29. The maximum absolute atomic E-state index is 12.0. The molecule has 0 spiro atoms. The number of ketones is 2. The number of carbonyl (C=O) groups excluding carboxylic acids is 3. The lowest BCUT2D eigenvalue weighted by molar-refractivity contribution is -0.116. The van der Waals surface area contributed by atoms with Crippen molar-refractivity contribution in [2.75, 3.05) is 5.32 Å². The molecule has 1 aromatic heterocycles. The Hall–Kier alpha value is -2.34. The molecule has 120 valence electrons. The van der Waals surface area contributed by atoms with E-state index in [4.69, 9.17) is 0 Å². The van der Waals surface area contributed by atoms with Crippen LogP contribution < -0.4 is 5.32 Å². The molecule has 1 heterocycles. The molecule has 6 heteroatoms. The van der Waals surface area contributed by atoms with Gasteiger partial charge in [0.1, 0.15) is 0 Å². The Labute approximate surface area is 138 Å². The summed E-state index contributed by atoms with van der Waals surface area (Å²) in [6.07, 6.45) is 0.222. The van der Waals surface area contributed by atoms with Crippen LogP contribution >= 0.6 is 11.3 Å². The zero-order valence-corrected chi connectivity index (χ0v) is 14.1. The van der Waals surface area contributed by atoms with Crippen LogP contribution in [-0.2, 0) is 4.79 Å². The molecule has 0 unspecified atom stereocenters. The number of Topliss-reactive ketones (excluding diaryl/α,β-unsaturated/α-hetero) is 2. The lowest BCUT2D eigenvalue weighted by Crippen LogP contribution is -2.13. The van der Waals surface area contributed by atoms with Gasteiger partial charge in [-0.05, 0) is 13.8 Å². The van der Waals surface area contributed by atoms with E-state index in [0.717, 1.165) is 16.9 Å². The summed E-state index contributed by atoms with van der Waals surface area (Å²) in [6.45, 7) is 5.14. The Kier molecular flexibility index (Phi) is 5.39. The van der Waals surface area contributed by atoms with Gasteiger partial charge in [0.25, 0.3) is 0 Å². The van der Waals surface area contributed by atoms with Crippen LogP contribution in [0.25, 0.3) is 0 Å². The molecule has 0 aliphatic rings. The third-order valence-electron chi connectivity index (χ3n) is 3.32. The number of amides is 1. The maximum atomic E-state index is 12.0. The number of carbonyl (C=O) groups is 3. The monoisotopic (exact) mass is 330 g/mol. The van der Waals surface area contributed by atoms with Crippen LogP contribution in [0.2, 0.25) is 0 Å². The average molecular weight is 330 g/mol. The smallest absolute Gasteiger partial charge is 0.226 e. The molecule has 0 atom stereocenters. The highest BCUT2D eigenvalue weighted by atomic mass is 32.1. The van der Waals surface area contributed by atoms with Crippen molar-refractivity contribution in [3.63, 3.8) is 0 Å². The minimum absolute atomic E-state index is 0.0695. The summed E-state index contributed by atoms with van der Waals surface area (Å²) < 4.78 is 0. The number of anilines is 1. The highest BCUT2D eigenvalue weighted by Crippen LogP contribution is 2.23. The van der Waals surface area contributed by atoms with Gasteiger partial charge < -0.3 is 5.32 Å². The summed E-state index contributed by atoms with van der Waals surface area (Å²) in [7, 11) is 0. The molecule has 0 saturated carbocycles. The van der Waals surface area contributed by atoms with Gasteiger partial charge in [-0.15, -0.1) is 0 Å². The van der Waals surface area contributed by atoms with Crippen LogP contribution in [0.5, 0.6) is 0 Å². The number of nitrogens with one attached hydrogen (secondary N) is 1. The number of rotatable bonds is 6. The SMILES string of the molecule is CC(=O)c1sc(NC(=O)CCC(=O)c2ccc(C)cc2)nc1C. The summed E-state index contributed by atoms with van der Waals surface area (Å²) in [6, 6.07) is 7.27. The summed E-state index contributed by atoms with van der Waals surface area (Å²) in [5.74, 6) is -0.427. The standard InChI is InChI=1S/C17H18N2O3S/c1-10-4-6-13(7-5-10)14(21)8-9-15(22)19-17-18-11(2)16(23-17)12(3)20/h4-7H,8-9H2,1-3H3,(H,18,19,22). The molecule has 0 radical (unpaired) electrons. The molecule has 0 aliphatic carbocycles. The summed E-state index contributed by atoms with van der Waals surface area (Å²) in [4.78, 5) is 40.0. The van der Waals surface area contributed by atoms with Crippen LogP contribution in [0.1, 0.15) is 51.1 Å². The fourth-order valence-electron chi connectivity index (χ4n) is 2.07. The first-order valence-corrected chi connectivity index (χ1v) is 8.06. The minimum atomic E-state index is -0.283. The third kappa shape index (κ3) is 4.56. The molecular weight excluding hydrogens is 312 g/mol. The zero-order valence-electron chi connectivity index (χ0n) is 13.3. The molecule has 2 rings (SSSR count). The van der Waals surface area contributed by atoms with Crippen molar-refractivity contribution in [2.45, 2.75) is 33.6 Å². The Bertz CT molecular complexity index is 748. The van der Waals surface area contributed by atoms with E-state index in [-0.39, 0.29) is 30.3 Å². The normalized spacial score (nSPS) is 10.4. The van der Waals surface area contributed by atoms with E-state index >= 15 is 0 Å². The quantitative estimate of drug-likeness (QED) is 0.822. The van der Waals surface area contributed by atoms with Crippen LogP contribution in [0.4, 0.5) is 5.13 Å². The fourth-order valence-corrected chi connectivity index (χ4v) is 2.95. The molecule has 2 aromatic rings. The number of nitrogens with zero attached hydrogens (tertiary/aromatic N) is 1. The lowest BCUT2D eigenvalue weighted by Gasteiger charge is -2.02. The van der Waals surface area contributed by atoms with E-state index in [2.05, 4.69) is 10.3 Å². The first-order valence-electron chi connectivity index (χ1n) is 7.25. The molecule has 0 bridgehead atoms. The zero-order chi connectivity index (χ0) is 17.0. The van der Waals surface area contributed by atoms with Crippen LogP contribution in [-0.4, -0.2) is 22.5 Å². The average Bonchev–Trinajstić information content (AvgIpc) is 2.86. The van der Waals surface area contributed by atoms with Crippen LogP contribution in [0.3, 0.4) is 0 Å². The maximum Gasteiger partial charge on any atom is 0.226 e. The second-order valence-electron chi connectivity index (χ2n) is 5.33. The van der Waals surface area contributed by atoms with Gasteiger partial charge in [-0.2, -0.15) is 0 Å². The molecule has 0 aliphatic heterocycles. The van der Waals surface area contributed by atoms with Crippen molar-refractivity contribution in [2.24, 2.45) is 0 Å². The van der Waals surface area contributed by atoms with Gasteiger partial charge in [-0.3, -0.25) is 14.4 Å². The predicted octanol–water partition coefficient (Wildman–Crippen LogP) is 3.56. The van der Waals surface area contributed by atoms with Gasteiger partial charge in [-0.25, -0.2) is 4.98 Å². The second kappa shape index (κ2) is 7.28. The molecule has 5 nitrogen and oxygen atoms in total. The van der Waals surface area contributed by atoms with E-state index in [1.54, 1.807) is 19.1 Å². The highest BCUT2D eigenvalue weighted by Gasteiger charge is 2.14. The van der Waals surface area contributed by atoms with Crippen molar-refractivity contribution in [1.82, 2.24) is 4.98 Å². The van der Waals surface area contributed by atoms with Gasteiger partial charge in [0.05, 0.1) is 10.6 Å². The van der Waals surface area contributed by atoms with Crippen molar-refractivity contribution < 1.29 is 14.4 Å². The van der Waals surface area contributed by atoms with E-state index < -0.39 is 0 Å². The molecule has 1 N–H and O–H groups in total. The van der Waals surface area contributed by atoms with Gasteiger partial charge >= 0.3 is 0 Å². The van der Waals surface area contributed by atoms with Gasteiger partial charge in [-0.1, -0.05) is 41.2 Å². The van der Waals surface area contributed by atoms with Crippen molar-refractivity contribution in [3.8, 4) is 0 Å². The number of hydrogen-bond donors (Lipinski definition) is 1. The van der Waals surface area contributed by atoms with E-state index in [1.807, 2.05) is 19.1 Å². The molecule has 23 heavy (non-hydrogen) atoms. The summed E-state index contributed by atoms with van der Waals surface area (Å²) >= 11 is 1.15. The van der Waals surface area contributed by atoms with Crippen LogP contribution in [0, 0.1) is 13.8 Å². The summed E-state index contributed by atoms with van der Waals surface area (Å²) in [5, 5.41) is 3.03. The molecule has 1 aromatic carbocycles. The first-order chi connectivity index (χ1) is 10.9. The molecular formula is C17H18N2O3S. The minimum Gasteiger partial charge on any atom is -0.302 e. The number of aromatic nitrogens is 1. The van der Waals surface area contributed by atoms with E-state index in [1.165, 1.54) is 6.92 Å². The van der Waals surface area contributed by atoms with Gasteiger partial charge in [0, 0.05) is 25.3 Å². The van der Waals surface area contributed by atoms with E-state index in [0.29, 0.717) is 21.3 Å². The Balaban J connectivity index is 1.90. The number of benzene rings is 1. The third-order valence-corrected chi connectivity index (χ3v) is 4.49. The Morgan fingerprint density at radius 3 is 2.30 bits per heavy atom. The number of thiazole rings is 1. The van der Waals surface area contributed by atoms with Crippen molar-refractivity contribution in [3.05, 3.63) is 46.0 Å². The van der Waals surface area contributed by atoms with Crippen molar-refractivity contribution in [1.29, 1.82) is 0 Å². The fraction of sp³-hybridized carbons (Fsp3) is 0.294. The van der Waals surface area contributed by atoms with Gasteiger partial charge in [0.2, 0.25) is 5.91 Å². The lowest BCUT2D eigenvalue weighted by atomic mass is 10.1. The molecule has 0 saturated heterocycles. The first kappa shape index (κ1) is 17.0. The van der Waals surface area contributed by atoms with Crippen molar-refractivity contribution >= 4 is 33.9 Å². The van der Waals surface area contributed by atoms with Crippen LogP contribution in [0.15, 0.2) is 24.3 Å².